The van der Waals surface area contributed by atoms with Crippen molar-refractivity contribution in [1.82, 2.24) is 5.32 Å². The van der Waals surface area contributed by atoms with Crippen LogP contribution in [-0.2, 0) is 0 Å². The van der Waals surface area contributed by atoms with Crippen LogP contribution in [0.4, 0.5) is 0 Å². The van der Waals surface area contributed by atoms with E-state index in [9.17, 15) is 0 Å². The summed E-state index contributed by atoms with van der Waals surface area (Å²) in [6.45, 7) is 7.76. The Hall–Kier alpha value is -1.02. The molecule has 100 valence electrons. The Labute approximate surface area is 111 Å². The lowest BCUT2D eigenvalue weighted by molar-refractivity contribution is 0.411. The molecule has 1 aliphatic rings. The van der Waals surface area contributed by atoms with Crippen molar-refractivity contribution >= 4 is 0 Å². The standard InChI is InChI=1S/C16H25NO/c1-11(7-8-17-14-5-6-14)15-9-13(3)16(18-4)10-12(15)2/h9-11,14,17H,5-8H2,1-4H3. The van der Waals surface area contributed by atoms with Gasteiger partial charge >= 0.3 is 0 Å². The van der Waals surface area contributed by atoms with Crippen molar-refractivity contribution in [1.29, 1.82) is 0 Å². The van der Waals surface area contributed by atoms with E-state index in [-0.39, 0.29) is 0 Å². The highest BCUT2D eigenvalue weighted by Gasteiger charge is 2.20. The summed E-state index contributed by atoms with van der Waals surface area (Å²) in [5, 5.41) is 3.59. The van der Waals surface area contributed by atoms with Gasteiger partial charge in [-0.25, -0.2) is 0 Å². The highest BCUT2D eigenvalue weighted by atomic mass is 16.5. The Bertz CT molecular complexity index is 410. The van der Waals surface area contributed by atoms with E-state index < -0.39 is 0 Å². The quantitative estimate of drug-likeness (QED) is 0.830. The fraction of sp³-hybridized carbons (Fsp3) is 0.625. The smallest absolute Gasteiger partial charge is 0.122 e. The van der Waals surface area contributed by atoms with E-state index in [1.165, 1.54) is 36.0 Å². The Morgan fingerprint density at radius 1 is 1.28 bits per heavy atom. The fourth-order valence-corrected chi connectivity index (χ4v) is 2.51. The molecule has 0 heterocycles. The van der Waals surface area contributed by atoms with Gasteiger partial charge in [-0.3, -0.25) is 0 Å². The molecule has 18 heavy (non-hydrogen) atoms. The first-order valence-electron chi connectivity index (χ1n) is 7.00. The number of nitrogens with one attached hydrogen (secondary N) is 1. The van der Waals surface area contributed by atoms with E-state index in [4.69, 9.17) is 4.74 Å². The number of benzene rings is 1. The molecule has 1 fully saturated rings. The maximum atomic E-state index is 5.37. The monoisotopic (exact) mass is 247 g/mol. The van der Waals surface area contributed by atoms with Gasteiger partial charge in [-0.1, -0.05) is 13.0 Å². The van der Waals surface area contributed by atoms with Crippen LogP contribution in [0.15, 0.2) is 12.1 Å². The molecule has 0 saturated heterocycles. The van der Waals surface area contributed by atoms with Crippen molar-refractivity contribution in [2.75, 3.05) is 13.7 Å². The third kappa shape index (κ3) is 3.26. The summed E-state index contributed by atoms with van der Waals surface area (Å²) in [7, 11) is 1.74. The predicted octanol–water partition coefficient (Wildman–Crippen LogP) is 3.56. The zero-order valence-corrected chi connectivity index (χ0v) is 12.0. The molecule has 1 N–H and O–H groups in total. The summed E-state index contributed by atoms with van der Waals surface area (Å²) in [6.07, 6.45) is 3.95. The first-order chi connectivity index (χ1) is 8.61. The lowest BCUT2D eigenvalue weighted by Crippen LogP contribution is -2.19. The summed E-state index contributed by atoms with van der Waals surface area (Å²) in [6, 6.07) is 5.27. The first kappa shape index (κ1) is 13.4. The maximum absolute atomic E-state index is 5.37. The molecule has 0 bridgehead atoms. The Balaban J connectivity index is 1.99. The van der Waals surface area contributed by atoms with Crippen LogP contribution in [0.1, 0.15) is 48.8 Å². The number of rotatable bonds is 6. The van der Waals surface area contributed by atoms with Crippen LogP contribution in [0.3, 0.4) is 0 Å². The molecule has 0 amide bonds. The van der Waals surface area contributed by atoms with Gasteiger partial charge in [0.2, 0.25) is 0 Å². The zero-order chi connectivity index (χ0) is 13.1. The average molecular weight is 247 g/mol. The second-order valence-corrected chi connectivity index (χ2v) is 5.60. The summed E-state index contributed by atoms with van der Waals surface area (Å²) < 4.78 is 5.37. The summed E-state index contributed by atoms with van der Waals surface area (Å²) in [5.74, 6) is 1.61. The Morgan fingerprint density at radius 2 is 2.00 bits per heavy atom. The topological polar surface area (TPSA) is 21.3 Å². The van der Waals surface area contributed by atoms with Crippen molar-refractivity contribution in [3.05, 3.63) is 28.8 Å². The Morgan fingerprint density at radius 3 is 2.61 bits per heavy atom. The molecular weight excluding hydrogens is 222 g/mol. The molecule has 0 aliphatic heterocycles. The minimum atomic E-state index is 0.612. The van der Waals surface area contributed by atoms with Gasteiger partial charge in [0.1, 0.15) is 5.75 Å². The van der Waals surface area contributed by atoms with Crippen molar-refractivity contribution in [3.63, 3.8) is 0 Å². The van der Waals surface area contributed by atoms with Crippen LogP contribution in [0.5, 0.6) is 5.75 Å². The van der Waals surface area contributed by atoms with Gasteiger partial charge in [-0.05, 0) is 68.3 Å². The zero-order valence-electron chi connectivity index (χ0n) is 12.0. The molecule has 1 aromatic rings. The van der Waals surface area contributed by atoms with Crippen LogP contribution in [-0.4, -0.2) is 19.7 Å². The third-order valence-corrected chi connectivity index (χ3v) is 3.90. The number of ether oxygens (including phenoxy) is 1. The van der Waals surface area contributed by atoms with E-state index >= 15 is 0 Å². The van der Waals surface area contributed by atoms with Gasteiger partial charge in [-0.2, -0.15) is 0 Å². The SMILES string of the molecule is COc1cc(C)c(C(C)CCNC2CC2)cc1C. The van der Waals surface area contributed by atoms with Crippen LogP contribution in [0, 0.1) is 13.8 Å². The van der Waals surface area contributed by atoms with E-state index in [2.05, 4.69) is 38.2 Å². The number of aryl methyl sites for hydroxylation is 2. The van der Waals surface area contributed by atoms with Crippen molar-refractivity contribution in [3.8, 4) is 5.75 Å². The Kier molecular flexibility index (Phi) is 4.28. The first-order valence-corrected chi connectivity index (χ1v) is 7.00. The average Bonchev–Trinajstić information content (AvgIpc) is 3.15. The van der Waals surface area contributed by atoms with Crippen LogP contribution in [0.25, 0.3) is 0 Å². The highest BCUT2D eigenvalue weighted by molar-refractivity contribution is 5.42. The van der Waals surface area contributed by atoms with Gasteiger partial charge < -0.3 is 10.1 Å². The normalized spacial score (nSPS) is 16.7. The third-order valence-electron chi connectivity index (χ3n) is 3.90. The molecule has 2 rings (SSSR count). The van der Waals surface area contributed by atoms with E-state index in [0.29, 0.717) is 5.92 Å². The van der Waals surface area contributed by atoms with Gasteiger partial charge in [0.25, 0.3) is 0 Å². The molecule has 0 spiro atoms. The second-order valence-electron chi connectivity index (χ2n) is 5.60. The fourth-order valence-electron chi connectivity index (χ4n) is 2.51. The van der Waals surface area contributed by atoms with Crippen LogP contribution < -0.4 is 10.1 Å². The molecule has 1 atom stereocenters. The van der Waals surface area contributed by atoms with E-state index in [0.717, 1.165) is 18.3 Å². The lowest BCUT2D eigenvalue weighted by atomic mass is 9.92. The van der Waals surface area contributed by atoms with E-state index in [1.807, 2.05) is 0 Å². The van der Waals surface area contributed by atoms with Gasteiger partial charge in [-0.15, -0.1) is 0 Å². The van der Waals surface area contributed by atoms with Gasteiger partial charge in [0.15, 0.2) is 0 Å². The maximum Gasteiger partial charge on any atom is 0.122 e. The minimum Gasteiger partial charge on any atom is -0.496 e. The number of hydrogen-bond donors (Lipinski definition) is 1. The van der Waals surface area contributed by atoms with Crippen LogP contribution in [0.2, 0.25) is 0 Å². The predicted molar refractivity (Wildman–Crippen MR) is 76.5 cm³/mol. The van der Waals surface area contributed by atoms with Crippen molar-refractivity contribution < 1.29 is 4.74 Å². The number of hydrogen-bond acceptors (Lipinski definition) is 2. The van der Waals surface area contributed by atoms with Gasteiger partial charge in [0, 0.05) is 6.04 Å². The molecular formula is C16H25NO. The highest BCUT2D eigenvalue weighted by Crippen LogP contribution is 2.29. The minimum absolute atomic E-state index is 0.612. The molecule has 1 saturated carbocycles. The number of methoxy groups -OCH3 is 1. The largest absolute Gasteiger partial charge is 0.496 e. The summed E-state index contributed by atoms with van der Waals surface area (Å²) in [4.78, 5) is 0. The molecule has 1 aliphatic carbocycles. The lowest BCUT2D eigenvalue weighted by Gasteiger charge is -2.17. The molecule has 0 aromatic heterocycles. The summed E-state index contributed by atoms with van der Waals surface area (Å²) >= 11 is 0. The van der Waals surface area contributed by atoms with Crippen LogP contribution >= 0.6 is 0 Å². The molecule has 2 nitrogen and oxygen atoms in total. The molecule has 1 aromatic carbocycles. The summed E-state index contributed by atoms with van der Waals surface area (Å²) in [5.41, 5.74) is 4.04. The molecule has 0 radical (unpaired) electrons. The molecule has 2 heteroatoms. The molecule has 1 unspecified atom stereocenters. The van der Waals surface area contributed by atoms with Crippen molar-refractivity contribution in [2.45, 2.75) is 52.0 Å². The van der Waals surface area contributed by atoms with E-state index in [1.54, 1.807) is 7.11 Å². The van der Waals surface area contributed by atoms with Gasteiger partial charge in [0.05, 0.1) is 7.11 Å². The van der Waals surface area contributed by atoms with Crippen molar-refractivity contribution in [2.24, 2.45) is 0 Å². The second kappa shape index (κ2) is 5.75.